The SMILES string of the molecule is O=C(OCc1cc(-c2ccccc2)no1)C1CCN(S(=O)(=O)c2ccc(F)cc2)CC1. The van der Waals surface area contributed by atoms with Gasteiger partial charge in [-0.3, -0.25) is 4.79 Å². The van der Waals surface area contributed by atoms with Gasteiger partial charge in [0.25, 0.3) is 0 Å². The van der Waals surface area contributed by atoms with Crippen molar-refractivity contribution in [2.45, 2.75) is 24.3 Å². The van der Waals surface area contributed by atoms with E-state index in [9.17, 15) is 17.6 Å². The minimum atomic E-state index is -3.72. The Balaban J connectivity index is 1.30. The number of esters is 1. The Morgan fingerprint density at radius 3 is 2.45 bits per heavy atom. The molecule has 0 atom stereocenters. The first-order chi connectivity index (χ1) is 14.9. The number of piperidine rings is 1. The van der Waals surface area contributed by atoms with Crippen LogP contribution in [0.1, 0.15) is 18.6 Å². The van der Waals surface area contributed by atoms with E-state index in [-0.39, 0.29) is 24.6 Å². The first kappa shape index (κ1) is 21.2. The van der Waals surface area contributed by atoms with Gasteiger partial charge in [0, 0.05) is 24.7 Å². The monoisotopic (exact) mass is 444 g/mol. The maximum atomic E-state index is 13.1. The first-order valence-corrected chi connectivity index (χ1v) is 11.3. The summed E-state index contributed by atoms with van der Waals surface area (Å²) in [5, 5.41) is 3.98. The highest BCUT2D eigenvalue weighted by molar-refractivity contribution is 7.89. The van der Waals surface area contributed by atoms with E-state index in [2.05, 4.69) is 5.16 Å². The maximum Gasteiger partial charge on any atom is 0.309 e. The van der Waals surface area contributed by atoms with Crippen LogP contribution < -0.4 is 0 Å². The zero-order valence-corrected chi connectivity index (χ0v) is 17.4. The lowest BCUT2D eigenvalue weighted by atomic mass is 9.98. The standard InChI is InChI=1S/C22H21FN2O5S/c23-18-6-8-20(9-7-18)31(27,28)25-12-10-17(11-13-25)22(26)29-15-19-14-21(24-30-19)16-4-2-1-3-5-16/h1-9,14,17H,10-13,15H2. The summed E-state index contributed by atoms with van der Waals surface area (Å²) in [6.07, 6.45) is 0.704. The van der Waals surface area contributed by atoms with Gasteiger partial charge in [-0.15, -0.1) is 0 Å². The molecular weight excluding hydrogens is 423 g/mol. The summed E-state index contributed by atoms with van der Waals surface area (Å²) >= 11 is 0. The molecule has 4 rings (SSSR count). The van der Waals surface area contributed by atoms with Crippen molar-refractivity contribution in [1.29, 1.82) is 0 Å². The van der Waals surface area contributed by atoms with Gasteiger partial charge in [0.1, 0.15) is 11.5 Å². The molecule has 1 aliphatic rings. The largest absolute Gasteiger partial charge is 0.457 e. The quantitative estimate of drug-likeness (QED) is 0.540. The van der Waals surface area contributed by atoms with E-state index >= 15 is 0 Å². The highest BCUT2D eigenvalue weighted by atomic mass is 32.2. The molecule has 0 radical (unpaired) electrons. The van der Waals surface area contributed by atoms with Crippen LogP contribution in [0.5, 0.6) is 0 Å². The molecule has 0 unspecified atom stereocenters. The molecule has 0 amide bonds. The van der Waals surface area contributed by atoms with E-state index < -0.39 is 27.7 Å². The molecule has 162 valence electrons. The fourth-order valence-corrected chi connectivity index (χ4v) is 4.94. The first-order valence-electron chi connectivity index (χ1n) is 9.87. The van der Waals surface area contributed by atoms with Crippen molar-refractivity contribution in [3.63, 3.8) is 0 Å². The topological polar surface area (TPSA) is 89.7 Å². The Hall–Kier alpha value is -3.04. The number of rotatable bonds is 6. The second kappa shape index (κ2) is 8.99. The summed E-state index contributed by atoms with van der Waals surface area (Å²) in [6, 6.07) is 15.9. The Labute approximate surface area is 179 Å². The van der Waals surface area contributed by atoms with E-state index in [1.165, 1.54) is 16.4 Å². The van der Waals surface area contributed by atoms with Crippen molar-refractivity contribution in [3.8, 4) is 11.3 Å². The third kappa shape index (κ3) is 4.83. The van der Waals surface area contributed by atoms with Gasteiger partial charge >= 0.3 is 5.97 Å². The van der Waals surface area contributed by atoms with Crippen molar-refractivity contribution < 1.29 is 26.9 Å². The molecule has 3 aromatic rings. The Morgan fingerprint density at radius 1 is 1.10 bits per heavy atom. The van der Waals surface area contributed by atoms with E-state index in [1.54, 1.807) is 6.07 Å². The van der Waals surface area contributed by atoms with Gasteiger partial charge in [0.15, 0.2) is 12.4 Å². The third-order valence-corrected chi connectivity index (χ3v) is 7.14. The van der Waals surface area contributed by atoms with Crippen LogP contribution in [0.4, 0.5) is 4.39 Å². The molecular formula is C22H21FN2O5S. The predicted octanol–water partition coefficient (Wildman–Crippen LogP) is 3.62. The van der Waals surface area contributed by atoms with Gasteiger partial charge < -0.3 is 9.26 Å². The minimum Gasteiger partial charge on any atom is -0.457 e. The molecule has 9 heteroatoms. The summed E-state index contributed by atoms with van der Waals surface area (Å²) in [4.78, 5) is 12.5. The van der Waals surface area contributed by atoms with E-state index in [1.807, 2.05) is 30.3 Å². The number of benzene rings is 2. The van der Waals surface area contributed by atoms with E-state index in [0.717, 1.165) is 17.7 Å². The van der Waals surface area contributed by atoms with Crippen molar-refractivity contribution in [2.24, 2.45) is 5.92 Å². The fraction of sp³-hybridized carbons (Fsp3) is 0.273. The Morgan fingerprint density at radius 2 is 1.77 bits per heavy atom. The molecule has 1 aromatic heterocycles. The average molecular weight is 444 g/mol. The molecule has 2 aromatic carbocycles. The number of nitrogens with zero attached hydrogens (tertiary/aromatic N) is 2. The van der Waals surface area contributed by atoms with Crippen molar-refractivity contribution in [2.75, 3.05) is 13.1 Å². The number of carbonyl (C=O) groups is 1. The molecule has 1 fully saturated rings. The summed E-state index contributed by atoms with van der Waals surface area (Å²) < 4.78 is 50.3. The lowest BCUT2D eigenvalue weighted by molar-refractivity contribution is -0.151. The van der Waals surface area contributed by atoms with Crippen LogP contribution in [0.3, 0.4) is 0 Å². The Kier molecular flexibility index (Phi) is 6.15. The molecule has 1 saturated heterocycles. The van der Waals surface area contributed by atoms with E-state index in [4.69, 9.17) is 9.26 Å². The highest BCUT2D eigenvalue weighted by Crippen LogP contribution is 2.25. The summed E-state index contributed by atoms with van der Waals surface area (Å²) in [7, 11) is -3.72. The van der Waals surface area contributed by atoms with Crippen LogP contribution in [0.2, 0.25) is 0 Å². The van der Waals surface area contributed by atoms with Crippen molar-refractivity contribution >= 4 is 16.0 Å². The van der Waals surface area contributed by atoms with Crippen LogP contribution in [-0.4, -0.2) is 36.9 Å². The Bertz CT molecular complexity index is 1140. The molecule has 0 aliphatic carbocycles. The van der Waals surface area contributed by atoms with Gasteiger partial charge in [-0.05, 0) is 37.1 Å². The number of hydrogen-bond donors (Lipinski definition) is 0. The van der Waals surface area contributed by atoms with Gasteiger partial charge in [0.2, 0.25) is 10.0 Å². The van der Waals surface area contributed by atoms with Crippen molar-refractivity contribution in [3.05, 3.63) is 72.2 Å². The molecule has 31 heavy (non-hydrogen) atoms. The zero-order chi connectivity index (χ0) is 21.8. The number of halogens is 1. The normalized spacial score (nSPS) is 15.6. The van der Waals surface area contributed by atoms with Crippen LogP contribution >= 0.6 is 0 Å². The summed E-state index contributed by atoms with van der Waals surface area (Å²) in [5.74, 6) is -0.848. The molecule has 0 bridgehead atoms. The van der Waals surface area contributed by atoms with Crippen LogP contribution in [-0.2, 0) is 26.2 Å². The minimum absolute atomic E-state index is 0.0350. The second-order valence-electron chi connectivity index (χ2n) is 7.28. The van der Waals surface area contributed by atoms with Crippen LogP contribution in [0.15, 0.2) is 70.1 Å². The second-order valence-corrected chi connectivity index (χ2v) is 9.22. The summed E-state index contributed by atoms with van der Waals surface area (Å²) in [6.45, 7) is 0.354. The molecule has 2 heterocycles. The molecule has 1 aliphatic heterocycles. The van der Waals surface area contributed by atoms with Crippen LogP contribution in [0.25, 0.3) is 11.3 Å². The summed E-state index contributed by atoms with van der Waals surface area (Å²) in [5.41, 5.74) is 1.56. The van der Waals surface area contributed by atoms with Gasteiger partial charge in [-0.25, -0.2) is 12.8 Å². The fourth-order valence-electron chi connectivity index (χ4n) is 3.47. The zero-order valence-electron chi connectivity index (χ0n) is 16.6. The van der Waals surface area contributed by atoms with Gasteiger partial charge in [0.05, 0.1) is 10.8 Å². The van der Waals surface area contributed by atoms with Gasteiger partial charge in [-0.2, -0.15) is 4.31 Å². The number of ether oxygens (including phenoxy) is 1. The van der Waals surface area contributed by atoms with Crippen LogP contribution in [0, 0.1) is 11.7 Å². The lowest BCUT2D eigenvalue weighted by Crippen LogP contribution is -2.40. The maximum absolute atomic E-state index is 13.1. The molecule has 0 saturated carbocycles. The number of carbonyl (C=O) groups excluding carboxylic acids is 1. The van der Waals surface area contributed by atoms with E-state index in [0.29, 0.717) is 24.3 Å². The van der Waals surface area contributed by atoms with Crippen molar-refractivity contribution in [1.82, 2.24) is 9.46 Å². The smallest absolute Gasteiger partial charge is 0.309 e. The third-order valence-electron chi connectivity index (χ3n) is 5.22. The molecule has 7 nitrogen and oxygen atoms in total. The predicted molar refractivity (Wildman–Crippen MR) is 110 cm³/mol. The number of aromatic nitrogens is 1. The number of sulfonamides is 1. The number of hydrogen-bond acceptors (Lipinski definition) is 6. The lowest BCUT2D eigenvalue weighted by Gasteiger charge is -2.30. The van der Waals surface area contributed by atoms with Gasteiger partial charge in [-0.1, -0.05) is 35.5 Å². The average Bonchev–Trinajstić information content (AvgIpc) is 3.27. The highest BCUT2D eigenvalue weighted by Gasteiger charge is 2.33. The molecule has 0 spiro atoms. The molecule has 0 N–H and O–H groups in total.